The molecule has 4 rings (SSSR count). The zero-order valence-electron chi connectivity index (χ0n) is 14.7. The SMILES string of the molecule is Cc1ccc2nc(Cl)c(CN(Cc3cccs3)C(=O)C3CCC3)cc2c1. The molecular formula is C21H21ClN2OS. The number of nitrogens with zero attached hydrogens (tertiary/aromatic N) is 2. The van der Waals surface area contributed by atoms with Gasteiger partial charge in [-0.3, -0.25) is 4.79 Å². The van der Waals surface area contributed by atoms with E-state index in [2.05, 4.69) is 35.5 Å². The van der Waals surface area contributed by atoms with Crippen molar-refractivity contribution in [3.63, 3.8) is 0 Å². The van der Waals surface area contributed by atoms with Gasteiger partial charge in [-0.1, -0.05) is 35.7 Å². The van der Waals surface area contributed by atoms with Gasteiger partial charge in [0.15, 0.2) is 0 Å². The first-order chi connectivity index (χ1) is 12.6. The quantitative estimate of drug-likeness (QED) is 0.537. The molecule has 0 bridgehead atoms. The fourth-order valence-electron chi connectivity index (χ4n) is 3.35. The van der Waals surface area contributed by atoms with Crippen LogP contribution in [0.5, 0.6) is 0 Å². The first kappa shape index (κ1) is 17.5. The minimum Gasteiger partial charge on any atom is -0.333 e. The molecule has 3 aromatic rings. The van der Waals surface area contributed by atoms with Crippen molar-refractivity contribution in [1.82, 2.24) is 9.88 Å². The Labute approximate surface area is 162 Å². The third-order valence-corrected chi connectivity index (χ3v) is 6.24. The van der Waals surface area contributed by atoms with Gasteiger partial charge < -0.3 is 4.90 Å². The summed E-state index contributed by atoms with van der Waals surface area (Å²) in [7, 11) is 0. The third kappa shape index (κ3) is 3.62. The molecule has 0 atom stereocenters. The van der Waals surface area contributed by atoms with Crippen LogP contribution in [0.1, 0.15) is 35.3 Å². The Balaban J connectivity index is 1.64. The molecule has 1 aliphatic rings. The maximum atomic E-state index is 13.0. The molecular weight excluding hydrogens is 364 g/mol. The molecule has 0 saturated heterocycles. The lowest BCUT2D eigenvalue weighted by Gasteiger charge is -2.31. The van der Waals surface area contributed by atoms with Gasteiger partial charge in [0, 0.05) is 28.3 Å². The summed E-state index contributed by atoms with van der Waals surface area (Å²) in [5.41, 5.74) is 2.99. The van der Waals surface area contributed by atoms with Crippen molar-refractivity contribution in [3.05, 3.63) is 62.9 Å². The minimum absolute atomic E-state index is 0.171. The Morgan fingerprint density at radius 1 is 1.27 bits per heavy atom. The van der Waals surface area contributed by atoms with Gasteiger partial charge in [-0.05, 0) is 49.4 Å². The van der Waals surface area contributed by atoms with E-state index < -0.39 is 0 Å². The number of thiophene rings is 1. The molecule has 134 valence electrons. The molecule has 1 saturated carbocycles. The summed E-state index contributed by atoms with van der Waals surface area (Å²) in [5, 5.41) is 3.60. The van der Waals surface area contributed by atoms with Crippen LogP contribution < -0.4 is 0 Å². The van der Waals surface area contributed by atoms with E-state index in [1.165, 1.54) is 10.4 Å². The van der Waals surface area contributed by atoms with Gasteiger partial charge in [-0.2, -0.15) is 0 Å². The first-order valence-electron chi connectivity index (χ1n) is 8.97. The lowest BCUT2D eigenvalue weighted by Crippen LogP contribution is -2.38. The summed E-state index contributed by atoms with van der Waals surface area (Å²) in [4.78, 5) is 20.6. The molecule has 26 heavy (non-hydrogen) atoms. The van der Waals surface area contributed by atoms with Crippen LogP contribution in [0.4, 0.5) is 0 Å². The van der Waals surface area contributed by atoms with E-state index >= 15 is 0 Å². The molecule has 1 amide bonds. The lowest BCUT2D eigenvalue weighted by atomic mass is 9.84. The summed E-state index contributed by atoms with van der Waals surface area (Å²) >= 11 is 8.14. The fourth-order valence-corrected chi connectivity index (χ4v) is 4.27. The summed E-state index contributed by atoms with van der Waals surface area (Å²) < 4.78 is 0. The number of aryl methyl sites for hydroxylation is 1. The van der Waals surface area contributed by atoms with Crippen LogP contribution in [0, 0.1) is 12.8 Å². The number of aromatic nitrogens is 1. The second-order valence-corrected chi connectivity index (χ2v) is 8.43. The highest BCUT2D eigenvalue weighted by molar-refractivity contribution is 7.09. The predicted molar refractivity (Wildman–Crippen MR) is 107 cm³/mol. The van der Waals surface area contributed by atoms with Crippen molar-refractivity contribution < 1.29 is 4.79 Å². The monoisotopic (exact) mass is 384 g/mol. The minimum atomic E-state index is 0.171. The summed E-state index contributed by atoms with van der Waals surface area (Å²) in [6.07, 6.45) is 3.16. The van der Waals surface area contributed by atoms with Crippen LogP contribution in [0.15, 0.2) is 41.8 Å². The molecule has 1 aliphatic carbocycles. The van der Waals surface area contributed by atoms with E-state index in [0.717, 1.165) is 35.7 Å². The van der Waals surface area contributed by atoms with E-state index in [1.807, 2.05) is 23.1 Å². The van der Waals surface area contributed by atoms with Crippen LogP contribution >= 0.6 is 22.9 Å². The Bertz CT molecular complexity index is 935. The number of hydrogen-bond donors (Lipinski definition) is 0. The number of hydrogen-bond acceptors (Lipinski definition) is 3. The first-order valence-corrected chi connectivity index (χ1v) is 10.2. The average molecular weight is 385 g/mol. The summed E-state index contributed by atoms with van der Waals surface area (Å²) in [5.74, 6) is 0.412. The van der Waals surface area contributed by atoms with E-state index in [4.69, 9.17) is 11.6 Å². The van der Waals surface area contributed by atoms with Crippen molar-refractivity contribution in [2.45, 2.75) is 39.3 Å². The van der Waals surface area contributed by atoms with Crippen LogP contribution in [-0.2, 0) is 17.9 Å². The molecule has 0 unspecified atom stereocenters. The number of rotatable bonds is 5. The van der Waals surface area contributed by atoms with Gasteiger partial charge in [-0.25, -0.2) is 4.98 Å². The van der Waals surface area contributed by atoms with Crippen LogP contribution in [0.3, 0.4) is 0 Å². The standard InChI is InChI=1S/C21H21ClN2OS/c1-14-7-8-19-16(10-14)11-17(20(22)23-19)12-24(13-18-6-3-9-26-18)21(25)15-4-2-5-15/h3,6-11,15H,2,4-5,12-13H2,1H3. The number of carbonyl (C=O) groups excluding carboxylic acids is 1. The van der Waals surface area contributed by atoms with Gasteiger partial charge >= 0.3 is 0 Å². The Kier molecular flexibility index (Phi) is 4.96. The number of carbonyl (C=O) groups is 1. The number of benzene rings is 1. The maximum absolute atomic E-state index is 13.0. The highest BCUT2D eigenvalue weighted by Gasteiger charge is 2.30. The third-order valence-electron chi connectivity index (χ3n) is 5.05. The highest BCUT2D eigenvalue weighted by atomic mass is 35.5. The molecule has 1 fully saturated rings. The maximum Gasteiger partial charge on any atom is 0.226 e. The molecule has 1 aromatic carbocycles. The van der Waals surface area contributed by atoms with Crippen molar-refractivity contribution in [3.8, 4) is 0 Å². The predicted octanol–water partition coefficient (Wildman–Crippen LogP) is 5.59. The topological polar surface area (TPSA) is 33.2 Å². The van der Waals surface area contributed by atoms with Crippen molar-refractivity contribution in [1.29, 1.82) is 0 Å². The fraction of sp³-hybridized carbons (Fsp3) is 0.333. The molecule has 0 N–H and O–H groups in total. The van der Waals surface area contributed by atoms with Crippen LogP contribution in [0.25, 0.3) is 10.9 Å². The Morgan fingerprint density at radius 3 is 2.81 bits per heavy atom. The van der Waals surface area contributed by atoms with E-state index in [0.29, 0.717) is 18.2 Å². The zero-order chi connectivity index (χ0) is 18.1. The van der Waals surface area contributed by atoms with Crippen molar-refractivity contribution in [2.75, 3.05) is 0 Å². The molecule has 2 heterocycles. The van der Waals surface area contributed by atoms with Crippen molar-refractivity contribution >= 4 is 39.7 Å². The summed E-state index contributed by atoms with van der Waals surface area (Å²) in [6, 6.07) is 12.3. The number of halogens is 1. The van der Waals surface area contributed by atoms with E-state index in [-0.39, 0.29) is 11.8 Å². The molecule has 0 aliphatic heterocycles. The largest absolute Gasteiger partial charge is 0.333 e. The average Bonchev–Trinajstić information content (AvgIpc) is 3.06. The molecule has 0 spiro atoms. The normalized spacial score (nSPS) is 14.4. The van der Waals surface area contributed by atoms with Gasteiger partial charge in [0.25, 0.3) is 0 Å². The molecule has 0 radical (unpaired) electrons. The second-order valence-electron chi connectivity index (χ2n) is 7.04. The number of pyridine rings is 1. The van der Waals surface area contributed by atoms with E-state index in [9.17, 15) is 4.79 Å². The Hall–Kier alpha value is -1.91. The zero-order valence-corrected chi connectivity index (χ0v) is 16.3. The van der Waals surface area contributed by atoms with Crippen molar-refractivity contribution in [2.24, 2.45) is 5.92 Å². The molecule has 3 nitrogen and oxygen atoms in total. The molecule has 5 heteroatoms. The highest BCUT2D eigenvalue weighted by Crippen LogP contribution is 2.31. The van der Waals surface area contributed by atoms with E-state index in [1.54, 1.807) is 11.3 Å². The second kappa shape index (κ2) is 7.37. The molecule has 2 aromatic heterocycles. The van der Waals surface area contributed by atoms with Gasteiger partial charge in [0.2, 0.25) is 5.91 Å². The van der Waals surface area contributed by atoms with Gasteiger partial charge in [0.1, 0.15) is 5.15 Å². The Morgan fingerprint density at radius 2 is 2.12 bits per heavy atom. The smallest absolute Gasteiger partial charge is 0.226 e. The van der Waals surface area contributed by atoms with Gasteiger partial charge in [0.05, 0.1) is 12.1 Å². The van der Waals surface area contributed by atoms with Gasteiger partial charge in [-0.15, -0.1) is 11.3 Å². The van der Waals surface area contributed by atoms with Crippen LogP contribution in [0.2, 0.25) is 5.15 Å². The summed E-state index contributed by atoms with van der Waals surface area (Å²) in [6.45, 7) is 3.20. The van der Waals surface area contributed by atoms with Crippen LogP contribution in [-0.4, -0.2) is 15.8 Å². The number of amides is 1. The lowest BCUT2D eigenvalue weighted by molar-refractivity contribution is -0.139. The number of fused-ring (bicyclic) bond motifs is 1.